The van der Waals surface area contributed by atoms with Crippen molar-refractivity contribution in [2.75, 3.05) is 6.26 Å². The van der Waals surface area contributed by atoms with Crippen molar-refractivity contribution in [3.63, 3.8) is 0 Å². The van der Waals surface area contributed by atoms with Gasteiger partial charge in [0.15, 0.2) is 9.84 Å². The largest absolute Gasteiger partial charge is 0.451 e. The van der Waals surface area contributed by atoms with Crippen molar-refractivity contribution in [3.8, 4) is 0 Å². The van der Waals surface area contributed by atoms with Crippen LogP contribution in [0, 0.1) is 0 Å². The van der Waals surface area contributed by atoms with Gasteiger partial charge in [-0.2, -0.15) is 0 Å². The molecule has 3 rings (SSSR count). The summed E-state index contributed by atoms with van der Waals surface area (Å²) in [7, 11) is -3.20. The number of rotatable bonds is 2. The van der Waals surface area contributed by atoms with Gasteiger partial charge < -0.3 is 4.74 Å². The van der Waals surface area contributed by atoms with E-state index in [2.05, 4.69) is 0 Å². The minimum atomic E-state index is -3.20. The highest BCUT2D eigenvalue weighted by Crippen LogP contribution is 2.45. The number of carbonyl (C=O) groups is 1. The van der Waals surface area contributed by atoms with Crippen LogP contribution in [0.1, 0.15) is 37.7 Å². The Labute approximate surface area is 124 Å². The van der Waals surface area contributed by atoms with E-state index in [1.54, 1.807) is 30.3 Å². The van der Waals surface area contributed by atoms with Crippen LogP contribution < -0.4 is 0 Å². The molecule has 1 aromatic carbocycles. The topological polar surface area (TPSA) is 60.4 Å². The Morgan fingerprint density at radius 2 is 1.67 bits per heavy atom. The number of hydrogen-bond acceptors (Lipinski definition) is 4. The molecule has 0 amide bonds. The molecule has 1 heterocycles. The standard InChI is InChI=1S/C16H18O4S/c1-21(18,19)13-7-5-12(6-8-13)14-11-15(17)20-16(14)9-3-2-4-10-16/h5-8,11H,2-4,9-10H2,1H3. The predicted molar refractivity (Wildman–Crippen MR) is 79.4 cm³/mol. The molecule has 1 aromatic rings. The van der Waals surface area contributed by atoms with E-state index in [-0.39, 0.29) is 10.9 Å². The highest BCUT2D eigenvalue weighted by Gasteiger charge is 2.44. The van der Waals surface area contributed by atoms with E-state index >= 15 is 0 Å². The fraction of sp³-hybridized carbons (Fsp3) is 0.438. The van der Waals surface area contributed by atoms with E-state index in [0.29, 0.717) is 0 Å². The second-order valence-corrected chi connectivity index (χ2v) is 7.85. The summed E-state index contributed by atoms with van der Waals surface area (Å²) in [4.78, 5) is 12.0. The monoisotopic (exact) mass is 306 g/mol. The first-order valence-corrected chi connectivity index (χ1v) is 9.06. The molecule has 1 aliphatic heterocycles. The maximum absolute atomic E-state index is 11.7. The van der Waals surface area contributed by atoms with Crippen LogP contribution in [0.3, 0.4) is 0 Å². The highest BCUT2D eigenvalue weighted by atomic mass is 32.2. The summed E-state index contributed by atoms with van der Waals surface area (Å²) in [5, 5.41) is 0. The third-order valence-corrected chi connectivity index (χ3v) is 5.43. The first-order valence-electron chi connectivity index (χ1n) is 7.16. The van der Waals surface area contributed by atoms with Crippen molar-refractivity contribution in [1.82, 2.24) is 0 Å². The van der Waals surface area contributed by atoms with Crippen molar-refractivity contribution in [1.29, 1.82) is 0 Å². The molecule has 0 radical (unpaired) electrons. The molecule has 0 atom stereocenters. The van der Waals surface area contributed by atoms with Crippen LogP contribution in [-0.4, -0.2) is 26.2 Å². The molecule has 2 aliphatic rings. The summed E-state index contributed by atoms with van der Waals surface area (Å²) in [6.07, 6.45) is 7.70. The van der Waals surface area contributed by atoms with Crippen molar-refractivity contribution >= 4 is 21.4 Å². The molecule has 0 unspecified atom stereocenters. The highest BCUT2D eigenvalue weighted by molar-refractivity contribution is 7.90. The van der Waals surface area contributed by atoms with E-state index in [1.165, 1.54) is 12.7 Å². The second kappa shape index (κ2) is 4.98. The summed E-state index contributed by atoms with van der Waals surface area (Å²) in [5.74, 6) is -0.293. The molecule has 0 aromatic heterocycles. The summed E-state index contributed by atoms with van der Waals surface area (Å²) < 4.78 is 28.6. The lowest BCUT2D eigenvalue weighted by Gasteiger charge is -2.34. The smallest absolute Gasteiger partial charge is 0.332 e. The lowest BCUT2D eigenvalue weighted by atomic mass is 9.77. The van der Waals surface area contributed by atoms with Gasteiger partial charge in [-0.3, -0.25) is 0 Å². The molecule has 5 heteroatoms. The van der Waals surface area contributed by atoms with E-state index in [4.69, 9.17) is 4.74 Å². The van der Waals surface area contributed by atoms with E-state index < -0.39 is 15.4 Å². The predicted octanol–water partition coefficient (Wildman–Crippen LogP) is 2.73. The van der Waals surface area contributed by atoms with Gasteiger partial charge in [0.1, 0.15) is 5.60 Å². The summed E-state index contributed by atoms with van der Waals surface area (Å²) in [5.41, 5.74) is 1.27. The Morgan fingerprint density at radius 3 is 2.24 bits per heavy atom. The Bertz CT molecular complexity index is 692. The first kappa shape index (κ1) is 14.3. The summed E-state index contributed by atoms with van der Waals surface area (Å²) in [6.45, 7) is 0. The fourth-order valence-electron chi connectivity index (χ4n) is 3.25. The zero-order valence-electron chi connectivity index (χ0n) is 12.0. The maximum atomic E-state index is 11.7. The minimum absolute atomic E-state index is 0.287. The van der Waals surface area contributed by atoms with Gasteiger partial charge >= 0.3 is 5.97 Å². The van der Waals surface area contributed by atoms with Crippen LogP contribution in [0.4, 0.5) is 0 Å². The van der Waals surface area contributed by atoms with Crippen molar-refractivity contribution < 1.29 is 17.9 Å². The minimum Gasteiger partial charge on any atom is -0.451 e. The van der Waals surface area contributed by atoms with Crippen molar-refractivity contribution in [2.45, 2.75) is 42.6 Å². The van der Waals surface area contributed by atoms with Gasteiger partial charge in [0.25, 0.3) is 0 Å². The first-order chi connectivity index (χ1) is 9.91. The molecule has 4 nitrogen and oxygen atoms in total. The number of ether oxygens (including phenoxy) is 1. The molecule has 0 N–H and O–H groups in total. The van der Waals surface area contributed by atoms with Gasteiger partial charge in [0.05, 0.1) is 4.90 Å². The molecule has 1 aliphatic carbocycles. The molecular formula is C16H18O4S. The van der Waals surface area contributed by atoms with Gasteiger partial charge in [-0.05, 0) is 43.4 Å². The summed E-state index contributed by atoms with van der Waals surface area (Å²) in [6, 6.07) is 6.71. The van der Waals surface area contributed by atoms with Crippen LogP contribution >= 0.6 is 0 Å². The number of carbonyl (C=O) groups excluding carboxylic acids is 1. The Balaban J connectivity index is 1.98. The van der Waals surface area contributed by atoms with Crippen molar-refractivity contribution in [2.24, 2.45) is 0 Å². The zero-order valence-corrected chi connectivity index (χ0v) is 12.8. The lowest BCUT2D eigenvalue weighted by Crippen LogP contribution is -2.33. The number of hydrogen-bond donors (Lipinski definition) is 0. The fourth-order valence-corrected chi connectivity index (χ4v) is 3.88. The second-order valence-electron chi connectivity index (χ2n) is 5.83. The Hall–Kier alpha value is -1.62. The molecule has 1 spiro atoms. The SMILES string of the molecule is CS(=O)(=O)c1ccc(C2=CC(=O)OC23CCCCC3)cc1. The summed E-state index contributed by atoms with van der Waals surface area (Å²) >= 11 is 0. The van der Waals surface area contributed by atoms with E-state index in [0.717, 1.165) is 36.8 Å². The number of esters is 1. The Kier molecular flexibility index (Phi) is 3.40. The third kappa shape index (κ3) is 2.62. The maximum Gasteiger partial charge on any atom is 0.332 e. The van der Waals surface area contributed by atoms with Crippen LogP contribution in [0.15, 0.2) is 35.2 Å². The molecule has 112 valence electrons. The van der Waals surface area contributed by atoms with Gasteiger partial charge in [0.2, 0.25) is 0 Å². The average Bonchev–Trinajstić information content (AvgIpc) is 2.75. The normalized spacial score (nSPS) is 21.2. The van der Waals surface area contributed by atoms with Crippen LogP contribution in [-0.2, 0) is 19.4 Å². The Morgan fingerprint density at radius 1 is 1.05 bits per heavy atom. The zero-order chi connectivity index (χ0) is 15.1. The van der Waals surface area contributed by atoms with Gasteiger partial charge in [-0.25, -0.2) is 13.2 Å². The van der Waals surface area contributed by atoms with Crippen LogP contribution in [0.5, 0.6) is 0 Å². The van der Waals surface area contributed by atoms with Crippen LogP contribution in [0.25, 0.3) is 5.57 Å². The van der Waals surface area contributed by atoms with E-state index in [9.17, 15) is 13.2 Å². The molecule has 21 heavy (non-hydrogen) atoms. The van der Waals surface area contributed by atoms with Crippen molar-refractivity contribution in [3.05, 3.63) is 35.9 Å². The number of sulfone groups is 1. The molecule has 0 saturated heterocycles. The molecular weight excluding hydrogens is 288 g/mol. The lowest BCUT2D eigenvalue weighted by molar-refractivity contribution is -0.147. The van der Waals surface area contributed by atoms with Gasteiger partial charge in [-0.15, -0.1) is 0 Å². The molecule has 0 bridgehead atoms. The molecule has 1 saturated carbocycles. The number of benzene rings is 1. The van der Waals surface area contributed by atoms with E-state index in [1.807, 2.05) is 0 Å². The average molecular weight is 306 g/mol. The third-order valence-electron chi connectivity index (χ3n) is 4.30. The van der Waals surface area contributed by atoms with Crippen LogP contribution in [0.2, 0.25) is 0 Å². The molecule has 1 fully saturated rings. The van der Waals surface area contributed by atoms with Gasteiger partial charge in [0, 0.05) is 17.9 Å². The quantitative estimate of drug-likeness (QED) is 0.788. The van der Waals surface area contributed by atoms with Gasteiger partial charge in [-0.1, -0.05) is 18.6 Å².